The van der Waals surface area contributed by atoms with Crippen molar-refractivity contribution >= 4 is 39.8 Å². The minimum absolute atomic E-state index is 0.0160. The second kappa shape index (κ2) is 4.97. The number of rotatable bonds is 4. The average molecular weight is 260 g/mol. The largest absolute Gasteiger partial charge is 0.389 e. The summed E-state index contributed by atoms with van der Waals surface area (Å²) in [6.45, 7) is 0.0160. The Morgan fingerprint density at radius 3 is 2.72 bits per heavy atom. The second-order valence-electron chi connectivity index (χ2n) is 3.76. The van der Waals surface area contributed by atoms with Crippen LogP contribution in [0.4, 0.5) is 5.82 Å². The molecule has 0 bridgehead atoms. The number of para-hydroxylation sites is 1. The van der Waals surface area contributed by atoms with Gasteiger partial charge in [0, 0.05) is 10.9 Å². The molecule has 1 aromatic carbocycles. The first kappa shape index (κ1) is 12.3. The summed E-state index contributed by atoms with van der Waals surface area (Å²) in [4.78, 5) is 15.4. The lowest BCUT2D eigenvalue weighted by Crippen LogP contribution is -2.22. The Morgan fingerprint density at radius 1 is 1.33 bits per heavy atom. The number of anilines is 1. The maximum Gasteiger partial charge on any atom is 0.236 e. The minimum atomic E-state index is -0.457. The Labute approximate surface area is 109 Å². The van der Waals surface area contributed by atoms with Crippen LogP contribution in [0.25, 0.3) is 10.9 Å². The van der Waals surface area contributed by atoms with Gasteiger partial charge >= 0.3 is 0 Å². The average Bonchev–Trinajstić information content (AvgIpc) is 2.35. The maximum absolute atomic E-state index is 10.7. The molecule has 2 rings (SSSR count). The van der Waals surface area contributed by atoms with Gasteiger partial charge in [-0.05, 0) is 12.1 Å². The van der Waals surface area contributed by atoms with Gasteiger partial charge in [0.25, 0.3) is 0 Å². The molecule has 0 spiro atoms. The van der Waals surface area contributed by atoms with Crippen LogP contribution < -0.4 is 16.8 Å². The van der Waals surface area contributed by atoms with E-state index in [1.54, 1.807) is 6.07 Å². The first-order valence-electron chi connectivity index (χ1n) is 5.29. The number of thiocarbonyl (C=S) groups is 1. The Bertz CT molecular complexity index is 627. The van der Waals surface area contributed by atoms with Gasteiger partial charge in [-0.25, -0.2) is 4.98 Å². The highest BCUT2D eigenvalue weighted by Gasteiger charge is 2.07. The lowest BCUT2D eigenvalue weighted by molar-refractivity contribution is -0.116. The summed E-state index contributed by atoms with van der Waals surface area (Å²) in [6, 6.07) is 9.23. The molecule has 0 saturated heterocycles. The topological polar surface area (TPSA) is 94.0 Å². The van der Waals surface area contributed by atoms with E-state index in [1.165, 1.54) is 0 Å². The Morgan fingerprint density at radius 2 is 2.06 bits per heavy atom. The molecule has 1 heterocycles. The van der Waals surface area contributed by atoms with Gasteiger partial charge in [0.1, 0.15) is 10.8 Å². The van der Waals surface area contributed by atoms with E-state index in [9.17, 15) is 4.79 Å². The van der Waals surface area contributed by atoms with Crippen molar-refractivity contribution in [1.29, 1.82) is 0 Å². The van der Waals surface area contributed by atoms with Crippen molar-refractivity contribution in [2.75, 3.05) is 11.9 Å². The zero-order valence-electron chi connectivity index (χ0n) is 9.51. The van der Waals surface area contributed by atoms with E-state index in [2.05, 4.69) is 10.3 Å². The number of nitrogens with one attached hydrogen (secondary N) is 1. The number of hydrogen-bond donors (Lipinski definition) is 3. The molecule has 6 heteroatoms. The number of pyridine rings is 1. The number of carbonyl (C=O) groups is 1. The van der Waals surface area contributed by atoms with Crippen molar-refractivity contribution in [2.45, 2.75) is 0 Å². The Kier molecular flexibility index (Phi) is 3.38. The van der Waals surface area contributed by atoms with E-state index in [-0.39, 0.29) is 11.5 Å². The number of hydrogen-bond acceptors (Lipinski definition) is 4. The fraction of sp³-hybridized carbons (Fsp3) is 0.0833. The minimum Gasteiger partial charge on any atom is -0.389 e. The zero-order chi connectivity index (χ0) is 13.1. The summed E-state index contributed by atoms with van der Waals surface area (Å²) in [5.74, 6) is 0.0668. The number of benzene rings is 1. The van der Waals surface area contributed by atoms with Crippen LogP contribution in [0.1, 0.15) is 5.56 Å². The van der Waals surface area contributed by atoms with Crippen molar-refractivity contribution < 1.29 is 4.79 Å². The molecule has 92 valence electrons. The van der Waals surface area contributed by atoms with Crippen molar-refractivity contribution in [3.63, 3.8) is 0 Å². The van der Waals surface area contributed by atoms with Crippen LogP contribution >= 0.6 is 12.2 Å². The lowest BCUT2D eigenvalue weighted by Gasteiger charge is -2.09. The van der Waals surface area contributed by atoms with Gasteiger partial charge in [-0.2, -0.15) is 0 Å². The highest BCUT2D eigenvalue weighted by atomic mass is 32.1. The third kappa shape index (κ3) is 2.54. The summed E-state index contributed by atoms with van der Waals surface area (Å²) in [5, 5.41) is 3.71. The molecular formula is C12H12N4OS. The Hall–Kier alpha value is -2.21. The van der Waals surface area contributed by atoms with Crippen LogP contribution in [0.15, 0.2) is 30.3 Å². The predicted octanol–water partition coefficient (Wildman–Crippen LogP) is 0.766. The van der Waals surface area contributed by atoms with E-state index in [0.717, 1.165) is 16.5 Å². The van der Waals surface area contributed by atoms with Crippen LogP contribution in [0, 0.1) is 0 Å². The molecule has 1 aromatic heterocycles. The summed E-state index contributed by atoms with van der Waals surface area (Å²) >= 11 is 5.02. The third-order valence-corrected chi connectivity index (χ3v) is 2.65. The van der Waals surface area contributed by atoms with Gasteiger partial charge in [0.05, 0.1) is 12.1 Å². The molecule has 0 aliphatic rings. The number of aromatic nitrogens is 1. The van der Waals surface area contributed by atoms with Gasteiger partial charge < -0.3 is 16.8 Å². The van der Waals surface area contributed by atoms with E-state index < -0.39 is 5.91 Å². The smallest absolute Gasteiger partial charge is 0.236 e. The molecule has 0 aliphatic carbocycles. The van der Waals surface area contributed by atoms with Crippen molar-refractivity contribution in [3.05, 3.63) is 35.9 Å². The summed E-state index contributed by atoms with van der Waals surface area (Å²) in [6.07, 6.45) is 0. The SMILES string of the molecule is NC(=O)CNc1cc(C(N)=S)c2ccccc2n1. The fourth-order valence-electron chi connectivity index (χ4n) is 1.65. The quantitative estimate of drug-likeness (QED) is 0.706. The van der Waals surface area contributed by atoms with E-state index in [1.807, 2.05) is 24.3 Å². The predicted molar refractivity (Wildman–Crippen MR) is 75.3 cm³/mol. The van der Waals surface area contributed by atoms with Crippen LogP contribution in [0.5, 0.6) is 0 Å². The zero-order valence-corrected chi connectivity index (χ0v) is 10.3. The number of nitrogens with zero attached hydrogens (tertiary/aromatic N) is 1. The molecular weight excluding hydrogens is 248 g/mol. The Balaban J connectivity index is 2.50. The van der Waals surface area contributed by atoms with Crippen LogP contribution in [-0.2, 0) is 4.79 Å². The van der Waals surface area contributed by atoms with Gasteiger partial charge in [0.2, 0.25) is 5.91 Å². The first-order valence-corrected chi connectivity index (χ1v) is 5.70. The monoisotopic (exact) mass is 260 g/mol. The fourth-order valence-corrected chi connectivity index (χ4v) is 1.82. The molecule has 0 fully saturated rings. The number of fused-ring (bicyclic) bond motifs is 1. The summed E-state index contributed by atoms with van der Waals surface area (Å²) < 4.78 is 0. The van der Waals surface area contributed by atoms with Crippen LogP contribution in [0.2, 0.25) is 0 Å². The molecule has 5 nitrogen and oxygen atoms in total. The molecule has 0 unspecified atom stereocenters. The summed E-state index contributed by atoms with van der Waals surface area (Å²) in [7, 11) is 0. The van der Waals surface area contributed by atoms with Crippen LogP contribution in [0.3, 0.4) is 0 Å². The van der Waals surface area contributed by atoms with Gasteiger partial charge in [-0.3, -0.25) is 4.79 Å². The molecule has 5 N–H and O–H groups in total. The summed E-state index contributed by atoms with van der Waals surface area (Å²) in [5.41, 5.74) is 12.2. The first-order chi connectivity index (χ1) is 8.58. The highest BCUT2D eigenvalue weighted by molar-refractivity contribution is 7.80. The molecule has 0 aliphatic heterocycles. The van der Waals surface area contributed by atoms with Gasteiger partial charge in [-0.1, -0.05) is 30.4 Å². The van der Waals surface area contributed by atoms with Gasteiger partial charge in [0.15, 0.2) is 0 Å². The molecule has 1 amide bonds. The molecule has 0 atom stereocenters. The number of primary amides is 1. The third-order valence-electron chi connectivity index (χ3n) is 2.43. The van der Waals surface area contributed by atoms with Crippen molar-refractivity contribution in [1.82, 2.24) is 4.98 Å². The van der Waals surface area contributed by atoms with Crippen molar-refractivity contribution in [3.8, 4) is 0 Å². The highest BCUT2D eigenvalue weighted by Crippen LogP contribution is 2.20. The van der Waals surface area contributed by atoms with E-state index in [4.69, 9.17) is 23.7 Å². The maximum atomic E-state index is 10.7. The van der Waals surface area contributed by atoms with Gasteiger partial charge in [-0.15, -0.1) is 0 Å². The second-order valence-corrected chi connectivity index (χ2v) is 4.20. The van der Waals surface area contributed by atoms with E-state index in [0.29, 0.717) is 5.82 Å². The van der Waals surface area contributed by atoms with Crippen LogP contribution in [-0.4, -0.2) is 22.4 Å². The van der Waals surface area contributed by atoms with Crippen molar-refractivity contribution in [2.24, 2.45) is 11.5 Å². The molecule has 18 heavy (non-hydrogen) atoms. The normalized spacial score (nSPS) is 10.2. The molecule has 0 saturated carbocycles. The number of nitrogens with two attached hydrogens (primary N) is 2. The molecule has 0 radical (unpaired) electrons. The lowest BCUT2D eigenvalue weighted by atomic mass is 10.1. The number of amides is 1. The molecule has 2 aromatic rings. The van der Waals surface area contributed by atoms with E-state index >= 15 is 0 Å². The standard InChI is InChI=1S/C12H12N4OS/c13-10(17)6-15-11-5-8(12(14)18)7-3-1-2-4-9(7)16-11/h1-5H,6H2,(H2,13,17)(H2,14,18)(H,15,16). The number of carbonyl (C=O) groups excluding carboxylic acids is 1.